The van der Waals surface area contributed by atoms with Crippen LogP contribution in [0, 0.1) is 0 Å². The van der Waals surface area contributed by atoms with E-state index in [1.54, 1.807) is 13.1 Å². The fourth-order valence-electron chi connectivity index (χ4n) is 5.19. The first-order valence-corrected chi connectivity index (χ1v) is 13.1. The molecular weight excluding hydrogens is 476 g/mol. The smallest absolute Gasteiger partial charge is 0.413 e. The van der Waals surface area contributed by atoms with Crippen LogP contribution in [0.4, 0.5) is 16.2 Å². The summed E-state index contributed by atoms with van der Waals surface area (Å²) in [4.78, 5) is 24.2. The number of hydrogen-bond acceptors (Lipinski definition) is 5. The highest BCUT2D eigenvalue weighted by molar-refractivity contribution is 6.22. The van der Waals surface area contributed by atoms with Crippen LogP contribution in [0.5, 0.6) is 5.88 Å². The highest BCUT2D eigenvalue weighted by Gasteiger charge is 2.21. The van der Waals surface area contributed by atoms with Crippen LogP contribution in [0.1, 0.15) is 48.9 Å². The number of amides is 1. The Morgan fingerprint density at radius 2 is 1.74 bits per heavy atom. The maximum atomic E-state index is 12.1. The highest BCUT2D eigenvalue weighted by atomic mass is 16.5. The summed E-state index contributed by atoms with van der Waals surface area (Å²) in [5.74, 6) is 0.0239. The molecule has 1 atom stereocenters. The van der Waals surface area contributed by atoms with E-state index in [4.69, 9.17) is 9.73 Å². The first-order valence-electron chi connectivity index (χ1n) is 13.1. The number of carbonyl (C=O) groups is 1. The van der Waals surface area contributed by atoms with E-state index in [0.717, 1.165) is 35.2 Å². The monoisotopic (exact) mass is 510 g/mol. The summed E-state index contributed by atoms with van der Waals surface area (Å²) >= 11 is 0. The number of benzene rings is 3. The molecule has 7 nitrogen and oxygen atoms in total. The molecular formula is C31H34N4O3. The van der Waals surface area contributed by atoms with Gasteiger partial charge in [-0.25, -0.2) is 9.79 Å². The second kappa shape index (κ2) is 11.1. The Balaban J connectivity index is 1.57. The number of piperidine rings is 1. The lowest BCUT2D eigenvalue weighted by atomic mass is 10.00. The fraction of sp³-hybridized carbons (Fsp3) is 0.290. The van der Waals surface area contributed by atoms with E-state index in [9.17, 15) is 9.90 Å². The summed E-state index contributed by atoms with van der Waals surface area (Å²) in [5, 5.41) is 11.8. The summed E-state index contributed by atoms with van der Waals surface area (Å²) in [5.41, 5.74) is 5.57. The maximum absolute atomic E-state index is 12.1. The van der Waals surface area contributed by atoms with Crippen molar-refractivity contribution in [1.29, 1.82) is 0 Å². The molecule has 0 saturated carbocycles. The number of aromatic hydroxyl groups is 1. The largest absolute Gasteiger partial charge is 0.494 e. The average Bonchev–Trinajstić information content (AvgIpc) is 3.30. The number of anilines is 1. The van der Waals surface area contributed by atoms with E-state index in [0.29, 0.717) is 23.0 Å². The number of aromatic amines is 1. The molecule has 1 saturated heterocycles. The lowest BCUT2D eigenvalue weighted by Gasteiger charge is -2.32. The molecule has 2 heterocycles. The molecule has 1 aliphatic rings. The molecule has 0 aliphatic carbocycles. The lowest BCUT2D eigenvalue weighted by molar-refractivity contribution is 0.175. The second-order valence-corrected chi connectivity index (χ2v) is 9.80. The van der Waals surface area contributed by atoms with Crippen LogP contribution in [0.3, 0.4) is 0 Å². The molecule has 2 N–H and O–H groups in total. The Bertz CT molecular complexity index is 1440. The third kappa shape index (κ3) is 5.15. The van der Waals surface area contributed by atoms with E-state index in [-0.39, 0.29) is 5.88 Å². The van der Waals surface area contributed by atoms with E-state index < -0.39 is 6.09 Å². The summed E-state index contributed by atoms with van der Waals surface area (Å²) in [6.07, 6.45) is 3.37. The molecule has 0 radical (unpaired) electrons. The molecule has 1 aliphatic heterocycles. The van der Waals surface area contributed by atoms with Crippen molar-refractivity contribution in [3.63, 3.8) is 0 Å². The number of H-pyrrole nitrogens is 1. The SMILES string of the molecule is COC(=O)N(C)c1ccc2[nH]c(O)c(C(=Nc3ccc(C(C)N4CCCCC4)cc3)c3ccccc3)c2c1. The number of nitrogens with one attached hydrogen (secondary N) is 1. The molecule has 1 amide bonds. The van der Waals surface area contributed by atoms with Gasteiger partial charge in [0.15, 0.2) is 5.88 Å². The Hall–Kier alpha value is -4.10. The molecule has 0 spiro atoms. The van der Waals surface area contributed by atoms with Gasteiger partial charge in [0.1, 0.15) is 0 Å². The van der Waals surface area contributed by atoms with Crippen LogP contribution < -0.4 is 4.90 Å². The van der Waals surface area contributed by atoms with Gasteiger partial charge in [0.25, 0.3) is 0 Å². The first-order chi connectivity index (χ1) is 18.5. The third-order valence-electron chi connectivity index (χ3n) is 7.44. The van der Waals surface area contributed by atoms with Gasteiger partial charge in [0.2, 0.25) is 0 Å². The summed E-state index contributed by atoms with van der Waals surface area (Å²) < 4.78 is 4.88. The van der Waals surface area contributed by atoms with Crippen LogP contribution >= 0.6 is 0 Å². The van der Waals surface area contributed by atoms with Crippen molar-refractivity contribution in [2.24, 2.45) is 4.99 Å². The van der Waals surface area contributed by atoms with Crippen LogP contribution in [0.15, 0.2) is 77.8 Å². The van der Waals surface area contributed by atoms with Crippen molar-refractivity contribution >= 4 is 34.1 Å². The third-order valence-corrected chi connectivity index (χ3v) is 7.44. The molecule has 0 bridgehead atoms. The van der Waals surface area contributed by atoms with Gasteiger partial charge < -0.3 is 14.8 Å². The summed E-state index contributed by atoms with van der Waals surface area (Å²) in [7, 11) is 3.00. The van der Waals surface area contributed by atoms with E-state index in [1.165, 1.54) is 36.8 Å². The minimum absolute atomic E-state index is 0.0239. The zero-order chi connectivity index (χ0) is 26.6. The Labute approximate surface area is 223 Å². The van der Waals surface area contributed by atoms with Crippen LogP contribution in [0.2, 0.25) is 0 Å². The Morgan fingerprint density at radius 3 is 2.42 bits per heavy atom. The van der Waals surface area contributed by atoms with Gasteiger partial charge in [-0.15, -0.1) is 0 Å². The quantitative estimate of drug-likeness (QED) is 0.280. The zero-order valence-electron chi connectivity index (χ0n) is 22.1. The minimum atomic E-state index is -0.471. The number of carbonyl (C=O) groups excluding carboxylic acids is 1. The van der Waals surface area contributed by atoms with Crippen molar-refractivity contribution in [3.05, 3.63) is 89.5 Å². The molecule has 5 rings (SSSR count). The van der Waals surface area contributed by atoms with Gasteiger partial charge in [0.05, 0.1) is 24.1 Å². The molecule has 38 heavy (non-hydrogen) atoms. The summed E-state index contributed by atoms with van der Waals surface area (Å²) in [6, 6.07) is 24.1. The van der Waals surface area contributed by atoms with Crippen molar-refractivity contribution in [2.45, 2.75) is 32.2 Å². The standard InChI is InChI=1S/C31H34N4O3/c1-21(35-18-8-5-9-19-35)22-12-14-24(15-13-22)32-29(23-10-6-4-7-11-23)28-26-20-25(34(2)31(37)38-3)16-17-27(26)33-30(28)36/h4,6-7,10-17,20-21,33,36H,5,8-9,18-19H2,1-3H3. The van der Waals surface area contributed by atoms with Crippen LogP contribution in [-0.2, 0) is 4.74 Å². The number of ether oxygens (including phenoxy) is 1. The van der Waals surface area contributed by atoms with Crippen molar-refractivity contribution in [2.75, 3.05) is 32.1 Å². The molecule has 1 aromatic heterocycles. The van der Waals surface area contributed by atoms with Gasteiger partial charge in [-0.3, -0.25) is 9.80 Å². The fourth-order valence-corrected chi connectivity index (χ4v) is 5.19. The van der Waals surface area contributed by atoms with Gasteiger partial charge in [0, 0.05) is 35.2 Å². The number of rotatable bonds is 6. The number of nitrogens with zero attached hydrogens (tertiary/aromatic N) is 3. The molecule has 196 valence electrons. The lowest BCUT2D eigenvalue weighted by Crippen LogP contribution is -2.32. The molecule has 7 heteroatoms. The normalized spacial score (nSPS) is 15.4. The topological polar surface area (TPSA) is 81.2 Å². The maximum Gasteiger partial charge on any atom is 0.413 e. The van der Waals surface area contributed by atoms with Crippen LogP contribution in [-0.4, -0.2) is 54.0 Å². The molecule has 3 aromatic carbocycles. The van der Waals surface area contributed by atoms with Crippen molar-refractivity contribution in [3.8, 4) is 5.88 Å². The average molecular weight is 511 g/mol. The van der Waals surface area contributed by atoms with Crippen LogP contribution in [0.25, 0.3) is 10.9 Å². The number of hydrogen-bond donors (Lipinski definition) is 2. The van der Waals surface area contributed by atoms with Gasteiger partial charge in [-0.1, -0.05) is 48.9 Å². The Kier molecular flexibility index (Phi) is 7.47. The number of methoxy groups -OCH3 is 1. The number of aliphatic imine (C=N–C) groups is 1. The zero-order valence-corrected chi connectivity index (χ0v) is 22.1. The predicted octanol–water partition coefficient (Wildman–Crippen LogP) is 6.79. The number of fused-ring (bicyclic) bond motifs is 1. The van der Waals surface area contributed by atoms with Gasteiger partial charge in [-0.2, -0.15) is 0 Å². The van der Waals surface area contributed by atoms with E-state index in [1.807, 2.05) is 54.6 Å². The van der Waals surface area contributed by atoms with Crippen molar-refractivity contribution < 1.29 is 14.6 Å². The molecule has 1 unspecified atom stereocenters. The summed E-state index contributed by atoms with van der Waals surface area (Å²) in [6.45, 7) is 4.56. The second-order valence-electron chi connectivity index (χ2n) is 9.80. The molecule has 1 fully saturated rings. The van der Waals surface area contributed by atoms with E-state index >= 15 is 0 Å². The van der Waals surface area contributed by atoms with Gasteiger partial charge in [-0.05, 0) is 68.8 Å². The Morgan fingerprint density at radius 1 is 1.03 bits per heavy atom. The minimum Gasteiger partial charge on any atom is -0.494 e. The van der Waals surface area contributed by atoms with E-state index in [2.05, 4.69) is 28.9 Å². The molecule has 4 aromatic rings. The highest BCUT2D eigenvalue weighted by Crippen LogP contribution is 2.34. The van der Waals surface area contributed by atoms with Gasteiger partial charge >= 0.3 is 6.09 Å². The first kappa shape index (κ1) is 25.5. The number of aromatic nitrogens is 1. The van der Waals surface area contributed by atoms with Crippen molar-refractivity contribution in [1.82, 2.24) is 9.88 Å². The predicted molar refractivity (Wildman–Crippen MR) is 153 cm³/mol. The number of likely N-dealkylation sites (tertiary alicyclic amines) is 1.